The van der Waals surface area contributed by atoms with E-state index in [9.17, 15) is 19.2 Å². The van der Waals surface area contributed by atoms with Crippen LogP contribution in [0.1, 0.15) is 37.4 Å². The molecule has 10 heteroatoms. The number of Topliss-reactive ketones (excluding diaryl/α,β-unsaturated/α-hetero) is 1. The van der Waals surface area contributed by atoms with Crippen LogP contribution < -0.4 is 10.1 Å². The number of rotatable bonds is 9. The van der Waals surface area contributed by atoms with Gasteiger partial charge in [0.15, 0.2) is 12.4 Å². The molecular formula is C28H25N3O7. The first-order valence-corrected chi connectivity index (χ1v) is 11.7. The molecule has 0 atom stereocenters. The SMILES string of the molecule is COC(=O)NC(=N)c1ccc2c(c1)CN(CC(=O)c1ccc(OCC(=O)OCc3ccccc3)cc1)C2=O. The van der Waals surface area contributed by atoms with Gasteiger partial charge in [-0.25, -0.2) is 9.59 Å². The fourth-order valence-corrected chi connectivity index (χ4v) is 3.81. The number of ether oxygens (including phenoxy) is 3. The maximum atomic E-state index is 12.8. The molecule has 0 aromatic heterocycles. The third kappa shape index (κ3) is 6.41. The monoisotopic (exact) mass is 515 g/mol. The van der Waals surface area contributed by atoms with Crippen molar-refractivity contribution in [3.63, 3.8) is 0 Å². The number of nitrogens with zero attached hydrogens (tertiary/aromatic N) is 1. The zero-order valence-corrected chi connectivity index (χ0v) is 20.6. The van der Waals surface area contributed by atoms with Crippen LogP contribution in [0.4, 0.5) is 4.79 Å². The molecule has 1 heterocycles. The van der Waals surface area contributed by atoms with Gasteiger partial charge in [-0.1, -0.05) is 36.4 Å². The van der Waals surface area contributed by atoms with Crippen LogP contribution >= 0.6 is 0 Å². The van der Waals surface area contributed by atoms with Gasteiger partial charge in [-0.05, 0) is 47.5 Å². The van der Waals surface area contributed by atoms with Gasteiger partial charge < -0.3 is 19.1 Å². The first-order chi connectivity index (χ1) is 18.3. The molecular weight excluding hydrogens is 490 g/mol. The van der Waals surface area contributed by atoms with Gasteiger partial charge >= 0.3 is 12.1 Å². The Morgan fingerprint density at radius 2 is 1.68 bits per heavy atom. The van der Waals surface area contributed by atoms with Crippen LogP contribution in [0, 0.1) is 5.41 Å². The van der Waals surface area contributed by atoms with E-state index in [-0.39, 0.29) is 43.8 Å². The number of amides is 2. The van der Waals surface area contributed by atoms with E-state index in [4.69, 9.17) is 14.9 Å². The Hall–Kier alpha value is -4.99. The van der Waals surface area contributed by atoms with Crippen molar-refractivity contribution in [2.24, 2.45) is 0 Å². The number of hydrogen-bond donors (Lipinski definition) is 2. The molecule has 3 aromatic carbocycles. The molecule has 0 radical (unpaired) electrons. The average Bonchev–Trinajstić information content (AvgIpc) is 3.25. The lowest BCUT2D eigenvalue weighted by Crippen LogP contribution is -2.30. The highest BCUT2D eigenvalue weighted by Gasteiger charge is 2.29. The molecule has 2 N–H and O–H groups in total. The van der Waals surface area contributed by atoms with Crippen molar-refractivity contribution in [2.75, 3.05) is 20.3 Å². The summed E-state index contributed by atoms with van der Waals surface area (Å²) in [6, 6.07) is 20.3. The molecule has 0 bridgehead atoms. The summed E-state index contributed by atoms with van der Waals surface area (Å²) in [5.74, 6) is -0.825. The van der Waals surface area contributed by atoms with E-state index in [2.05, 4.69) is 10.1 Å². The Kier molecular flexibility index (Phi) is 8.12. The molecule has 1 aliphatic heterocycles. The highest BCUT2D eigenvalue weighted by molar-refractivity contribution is 6.07. The number of esters is 1. The predicted octanol–water partition coefficient (Wildman–Crippen LogP) is 3.33. The molecule has 0 unspecified atom stereocenters. The van der Waals surface area contributed by atoms with Crippen LogP contribution in [0.15, 0.2) is 72.8 Å². The first kappa shape index (κ1) is 26.1. The van der Waals surface area contributed by atoms with Gasteiger partial charge in [0.1, 0.15) is 18.2 Å². The zero-order valence-electron chi connectivity index (χ0n) is 20.6. The molecule has 4 rings (SSSR count). The molecule has 3 aromatic rings. The predicted molar refractivity (Wildman–Crippen MR) is 136 cm³/mol. The van der Waals surface area contributed by atoms with Gasteiger partial charge in [0.2, 0.25) is 0 Å². The summed E-state index contributed by atoms with van der Waals surface area (Å²) in [7, 11) is 1.20. The fraction of sp³-hybridized carbons (Fsp3) is 0.179. The molecule has 0 saturated carbocycles. The largest absolute Gasteiger partial charge is 0.482 e. The van der Waals surface area contributed by atoms with Crippen LogP contribution in [-0.4, -0.2) is 54.7 Å². The zero-order chi connectivity index (χ0) is 27.1. The second-order valence-electron chi connectivity index (χ2n) is 8.41. The van der Waals surface area contributed by atoms with E-state index in [1.165, 1.54) is 12.0 Å². The van der Waals surface area contributed by atoms with E-state index in [0.717, 1.165) is 5.56 Å². The van der Waals surface area contributed by atoms with Crippen molar-refractivity contribution in [2.45, 2.75) is 13.2 Å². The number of benzene rings is 3. The molecule has 1 aliphatic rings. The third-order valence-electron chi connectivity index (χ3n) is 5.80. The number of alkyl carbamates (subject to hydrolysis) is 1. The van der Waals surface area contributed by atoms with Crippen LogP contribution in [0.5, 0.6) is 5.75 Å². The van der Waals surface area contributed by atoms with Crippen LogP contribution in [0.25, 0.3) is 0 Å². The maximum Gasteiger partial charge on any atom is 0.412 e. The van der Waals surface area contributed by atoms with Crippen LogP contribution in [0.3, 0.4) is 0 Å². The number of fused-ring (bicyclic) bond motifs is 1. The van der Waals surface area contributed by atoms with Gasteiger partial charge in [0, 0.05) is 23.2 Å². The minimum Gasteiger partial charge on any atom is -0.482 e. The summed E-state index contributed by atoms with van der Waals surface area (Å²) >= 11 is 0. The summed E-state index contributed by atoms with van der Waals surface area (Å²) < 4.78 is 15.1. The van der Waals surface area contributed by atoms with Crippen molar-refractivity contribution in [3.8, 4) is 5.75 Å². The summed E-state index contributed by atoms with van der Waals surface area (Å²) in [4.78, 5) is 50.3. The van der Waals surface area contributed by atoms with Gasteiger partial charge in [-0.15, -0.1) is 0 Å². The van der Waals surface area contributed by atoms with E-state index in [1.807, 2.05) is 30.3 Å². The van der Waals surface area contributed by atoms with Crippen molar-refractivity contribution >= 4 is 29.6 Å². The molecule has 10 nitrogen and oxygen atoms in total. The number of methoxy groups -OCH3 is 1. The molecule has 194 valence electrons. The number of carbonyl (C=O) groups excluding carboxylic acids is 4. The molecule has 0 aliphatic carbocycles. The van der Waals surface area contributed by atoms with Gasteiger partial charge in [-0.3, -0.25) is 20.3 Å². The second-order valence-corrected chi connectivity index (χ2v) is 8.41. The number of carbonyl (C=O) groups is 4. The van der Waals surface area contributed by atoms with Crippen molar-refractivity contribution in [1.29, 1.82) is 5.41 Å². The lowest BCUT2D eigenvalue weighted by molar-refractivity contribution is -0.147. The maximum absolute atomic E-state index is 12.8. The highest BCUT2D eigenvalue weighted by atomic mass is 16.6. The van der Waals surface area contributed by atoms with E-state index in [1.54, 1.807) is 42.5 Å². The Balaban J connectivity index is 1.28. The normalized spacial score (nSPS) is 11.9. The topological polar surface area (TPSA) is 135 Å². The second kappa shape index (κ2) is 11.8. The van der Waals surface area contributed by atoms with Crippen molar-refractivity contribution in [3.05, 3.63) is 101 Å². The minimum absolute atomic E-state index is 0.132. The van der Waals surface area contributed by atoms with Crippen molar-refractivity contribution < 1.29 is 33.4 Å². The van der Waals surface area contributed by atoms with E-state index >= 15 is 0 Å². The Bertz CT molecular complexity index is 1370. The number of ketones is 1. The summed E-state index contributed by atoms with van der Waals surface area (Å²) in [6.07, 6.45) is -0.766. The molecule has 2 amide bonds. The molecule has 0 spiro atoms. The van der Waals surface area contributed by atoms with Crippen LogP contribution in [-0.2, 0) is 27.4 Å². The number of nitrogens with one attached hydrogen (secondary N) is 2. The van der Waals surface area contributed by atoms with Crippen LogP contribution in [0.2, 0.25) is 0 Å². The van der Waals surface area contributed by atoms with Crippen molar-refractivity contribution in [1.82, 2.24) is 10.2 Å². The third-order valence-corrected chi connectivity index (χ3v) is 5.80. The van der Waals surface area contributed by atoms with Gasteiger partial charge in [0.25, 0.3) is 5.91 Å². The van der Waals surface area contributed by atoms with Gasteiger partial charge in [-0.2, -0.15) is 0 Å². The quantitative estimate of drug-likeness (QED) is 0.193. The number of amidine groups is 1. The lowest BCUT2D eigenvalue weighted by atomic mass is 10.1. The summed E-state index contributed by atoms with van der Waals surface area (Å²) in [6.45, 7) is -0.0443. The minimum atomic E-state index is -0.766. The van der Waals surface area contributed by atoms with E-state index < -0.39 is 12.1 Å². The smallest absolute Gasteiger partial charge is 0.412 e. The molecule has 0 saturated heterocycles. The standard InChI is InChI=1S/C28H25N3O7/c1-36-28(35)30-26(29)20-9-12-23-21(13-20)14-31(27(23)34)15-24(32)19-7-10-22(11-8-19)37-17-25(33)38-16-18-5-3-2-4-6-18/h2-13H,14-17H2,1H3,(H2,29,30,35). The molecule has 38 heavy (non-hydrogen) atoms. The average molecular weight is 516 g/mol. The first-order valence-electron chi connectivity index (χ1n) is 11.7. The Labute approximate surface area is 218 Å². The highest BCUT2D eigenvalue weighted by Crippen LogP contribution is 2.24. The van der Waals surface area contributed by atoms with E-state index in [0.29, 0.717) is 28.0 Å². The number of hydrogen-bond acceptors (Lipinski definition) is 8. The fourth-order valence-electron chi connectivity index (χ4n) is 3.81. The van der Waals surface area contributed by atoms with Gasteiger partial charge in [0.05, 0.1) is 13.7 Å². The Morgan fingerprint density at radius 3 is 2.39 bits per heavy atom. The summed E-state index contributed by atoms with van der Waals surface area (Å²) in [5, 5.41) is 10.3. The summed E-state index contributed by atoms with van der Waals surface area (Å²) in [5.41, 5.74) is 2.76. The molecule has 0 fully saturated rings. The lowest BCUT2D eigenvalue weighted by Gasteiger charge is -2.14. The Morgan fingerprint density at radius 1 is 0.974 bits per heavy atom.